The van der Waals surface area contributed by atoms with E-state index in [1.54, 1.807) is 5.57 Å². The predicted molar refractivity (Wildman–Crippen MR) is 132 cm³/mol. The summed E-state index contributed by atoms with van der Waals surface area (Å²) in [4.78, 5) is 11.1. The first-order chi connectivity index (χ1) is 14.6. The Kier molecular flexibility index (Phi) is 10.3. The lowest BCUT2D eigenvalue weighted by Gasteiger charge is -2.46. The van der Waals surface area contributed by atoms with E-state index in [9.17, 15) is 4.79 Å². The Morgan fingerprint density at radius 2 is 2.00 bits per heavy atom. The largest absolute Gasteiger partial charge is 0.369 e. The van der Waals surface area contributed by atoms with Gasteiger partial charge in [-0.15, -0.1) is 0 Å². The lowest BCUT2D eigenvalue weighted by molar-refractivity contribution is -0.125. The van der Waals surface area contributed by atoms with Crippen LogP contribution in [0.5, 0.6) is 0 Å². The highest BCUT2D eigenvalue weighted by Gasteiger charge is 2.40. The van der Waals surface area contributed by atoms with Gasteiger partial charge in [-0.1, -0.05) is 58.3 Å². The van der Waals surface area contributed by atoms with E-state index in [0.29, 0.717) is 12.0 Å². The molecule has 1 heterocycles. The molecule has 6 atom stereocenters. The third kappa shape index (κ3) is 8.40. The van der Waals surface area contributed by atoms with Gasteiger partial charge in [-0.2, -0.15) is 0 Å². The lowest BCUT2D eigenvalue weighted by atomic mass is 9.74. The molecule has 0 spiro atoms. The fourth-order valence-corrected chi connectivity index (χ4v) is 5.20. The lowest BCUT2D eigenvalue weighted by Crippen LogP contribution is -2.45. The standard InChI is InChI=1S/C28H49NO2/c1-20(12-8-14-23(4)27(29)30)10-7-11-21(2)13-9-18-28(6)19-17-25-16-15-22(3)24(5)26(25)31-28/h10,16,21-24,26H,7-9,11-15,17-19H2,1-6H3,(H2,29,30)/b20-10+. The first kappa shape index (κ1) is 26.2. The molecule has 0 radical (unpaired) electrons. The molecule has 0 bridgehead atoms. The van der Waals surface area contributed by atoms with E-state index in [0.717, 1.165) is 37.5 Å². The highest BCUT2D eigenvalue weighted by molar-refractivity contribution is 5.76. The molecular formula is C28H49NO2. The zero-order chi connectivity index (χ0) is 23.0. The summed E-state index contributed by atoms with van der Waals surface area (Å²) in [5.41, 5.74) is 8.42. The second kappa shape index (κ2) is 12.2. The van der Waals surface area contributed by atoms with Crippen LogP contribution in [-0.2, 0) is 9.53 Å². The molecule has 1 amide bonds. The third-order valence-electron chi connectivity index (χ3n) is 8.10. The number of rotatable bonds is 12. The summed E-state index contributed by atoms with van der Waals surface area (Å²) in [7, 11) is 0. The van der Waals surface area contributed by atoms with E-state index in [-0.39, 0.29) is 17.4 Å². The van der Waals surface area contributed by atoms with Gasteiger partial charge < -0.3 is 10.5 Å². The molecular weight excluding hydrogens is 382 g/mol. The minimum absolute atomic E-state index is 0.00448. The monoisotopic (exact) mass is 431 g/mol. The summed E-state index contributed by atoms with van der Waals surface area (Å²) in [6, 6.07) is 0. The fraction of sp³-hybridized carbons (Fsp3) is 0.821. The Morgan fingerprint density at radius 1 is 1.26 bits per heavy atom. The topological polar surface area (TPSA) is 52.3 Å². The second-order valence-corrected chi connectivity index (χ2v) is 11.2. The number of allylic oxidation sites excluding steroid dienone is 3. The second-order valence-electron chi connectivity index (χ2n) is 11.2. The van der Waals surface area contributed by atoms with E-state index >= 15 is 0 Å². The van der Waals surface area contributed by atoms with Gasteiger partial charge in [-0.25, -0.2) is 0 Å². The van der Waals surface area contributed by atoms with Crippen LogP contribution < -0.4 is 5.73 Å². The molecule has 0 aromatic heterocycles. The van der Waals surface area contributed by atoms with E-state index < -0.39 is 0 Å². The van der Waals surface area contributed by atoms with Crippen molar-refractivity contribution in [3.05, 3.63) is 23.3 Å². The van der Waals surface area contributed by atoms with Gasteiger partial charge in [0.05, 0.1) is 11.7 Å². The molecule has 0 saturated carbocycles. The molecule has 178 valence electrons. The zero-order valence-corrected chi connectivity index (χ0v) is 21.2. The van der Waals surface area contributed by atoms with E-state index in [4.69, 9.17) is 10.5 Å². The van der Waals surface area contributed by atoms with E-state index in [1.807, 2.05) is 6.92 Å². The first-order valence-electron chi connectivity index (χ1n) is 12.9. The number of carbonyl (C=O) groups is 1. The number of hydrogen-bond donors (Lipinski definition) is 1. The molecule has 0 aromatic rings. The number of carbonyl (C=O) groups excluding carboxylic acids is 1. The summed E-state index contributed by atoms with van der Waals surface area (Å²) >= 11 is 0. The van der Waals surface area contributed by atoms with Crippen LogP contribution in [0, 0.1) is 23.7 Å². The average molecular weight is 432 g/mol. The summed E-state index contributed by atoms with van der Waals surface area (Å²) in [5.74, 6) is 1.96. The molecule has 1 aliphatic heterocycles. The number of amides is 1. The average Bonchev–Trinajstić information content (AvgIpc) is 2.71. The summed E-state index contributed by atoms with van der Waals surface area (Å²) < 4.78 is 6.72. The summed E-state index contributed by atoms with van der Waals surface area (Å²) in [6.07, 6.45) is 18.1. The van der Waals surface area contributed by atoms with Crippen LogP contribution >= 0.6 is 0 Å². The molecule has 3 heteroatoms. The van der Waals surface area contributed by atoms with Gasteiger partial charge in [0.2, 0.25) is 5.91 Å². The quantitative estimate of drug-likeness (QED) is 0.328. The molecule has 2 aliphatic rings. The van der Waals surface area contributed by atoms with Crippen molar-refractivity contribution < 1.29 is 9.53 Å². The number of hydrogen-bond acceptors (Lipinski definition) is 2. The molecule has 6 unspecified atom stereocenters. The van der Waals surface area contributed by atoms with Crippen LogP contribution in [0.4, 0.5) is 0 Å². The van der Waals surface area contributed by atoms with Crippen LogP contribution in [-0.4, -0.2) is 17.6 Å². The molecule has 2 N–H and O–H groups in total. The fourth-order valence-electron chi connectivity index (χ4n) is 5.20. The number of fused-ring (bicyclic) bond motifs is 1. The zero-order valence-electron chi connectivity index (χ0n) is 21.2. The number of primary amides is 1. The maximum Gasteiger partial charge on any atom is 0.220 e. The van der Waals surface area contributed by atoms with E-state index in [1.165, 1.54) is 50.5 Å². The first-order valence-corrected chi connectivity index (χ1v) is 12.9. The Labute approximate surface area is 192 Å². The van der Waals surface area contributed by atoms with Crippen molar-refractivity contribution >= 4 is 5.91 Å². The van der Waals surface area contributed by atoms with E-state index in [2.05, 4.69) is 46.8 Å². The van der Waals surface area contributed by atoms with Crippen molar-refractivity contribution in [3.8, 4) is 0 Å². The van der Waals surface area contributed by atoms with Gasteiger partial charge in [0.25, 0.3) is 0 Å². The molecule has 1 aliphatic carbocycles. The Bertz CT molecular complexity index is 637. The van der Waals surface area contributed by atoms with Crippen LogP contribution in [0.3, 0.4) is 0 Å². The molecule has 1 fully saturated rings. The Hall–Kier alpha value is -1.09. The van der Waals surface area contributed by atoms with Crippen LogP contribution in [0.25, 0.3) is 0 Å². The number of nitrogens with two attached hydrogens (primary N) is 1. The van der Waals surface area contributed by atoms with Gasteiger partial charge in [-0.3, -0.25) is 4.79 Å². The highest BCUT2D eigenvalue weighted by atomic mass is 16.5. The minimum Gasteiger partial charge on any atom is -0.369 e. The SMILES string of the molecule is C/C(=C\CCC(C)CCCC1(C)CCC2=CCC(C)C(C)C2O1)CCCC(C)C(N)=O. The van der Waals surface area contributed by atoms with Crippen molar-refractivity contribution in [3.63, 3.8) is 0 Å². The summed E-state index contributed by atoms with van der Waals surface area (Å²) in [6.45, 7) is 13.6. The van der Waals surface area contributed by atoms with Gasteiger partial charge in [-0.05, 0) is 95.0 Å². The Balaban J connectivity index is 1.64. The smallest absolute Gasteiger partial charge is 0.220 e. The highest BCUT2D eigenvalue weighted by Crippen LogP contribution is 2.43. The van der Waals surface area contributed by atoms with Crippen molar-refractivity contribution in [2.24, 2.45) is 29.4 Å². The van der Waals surface area contributed by atoms with Crippen molar-refractivity contribution in [1.82, 2.24) is 0 Å². The maximum atomic E-state index is 11.1. The maximum absolute atomic E-state index is 11.1. The van der Waals surface area contributed by atoms with Gasteiger partial charge in [0.15, 0.2) is 0 Å². The predicted octanol–water partition coefficient (Wildman–Crippen LogP) is 7.35. The minimum atomic E-state index is -0.178. The molecule has 0 aromatic carbocycles. The van der Waals surface area contributed by atoms with Gasteiger partial charge >= 0.3 is 0 Å². The van der Waals surface area contributed by atoms with Crippen molar-refractivity contribution in [1.29, 1.82) is 0 Å². The molecule has 1 saturated heterocycles. The molecule has 31 heavy (non-hydrogen) atoms. The Morgan fingerprint density at radius 3 is 2.71 bits per heavy atom. The number of ether oxygens (including phenoxy) is 1. The summed E-state index contributed by atoms with van der Waals surface area (Å²) in [5, 5.41) is 0. The molecule has 2 rings (SSSR count). The van der Waals surface area contributed by atoms with Crippen molar-refractivity contribution in [2.75, 3.05) is 0 Å². The van der Waals surface area contributed by atoms with Crippen LogP contribution in [0.15, 0.2) is 23.3 Å². The van der Waals surface area contributed by atoms with Crippen LogP contribution in [0.2, 0.25) is 0 Å². The van der Waals surface area contributed by atoms with Crippen molar-refractivity contribution in [2.45, 2.75) is 124 Å². The van der Waals surface area contributed by atoms with Crippen LogP contribution in [0.1, 0.15) is 112 Å². The normalized spacial score (nSPS) is 31.0. The van der Waals surface area contributed by atoms with Gasteiger partial charge in [0.1, 0.15) is 0 Å². The molecule has 3 nitrogen and oxygen atoms in total. The van der Waals surface area contributed by atoms with Gasteiger partial charge in [0, 0.05) is 5.92 Å². The third-order valence-corrected chi connectivity index (χ3v) is 8.10.